The van der Waals surface area contributed by atoms with Crippen LogP contribution in [0.4, 0.5) is 0 Å². The number of primary amides is 1. The molecule has 1 aromatic heterocycles. The molecule has 0 saturated carbocycles. The van der Waals surface area contributed by atoms with Crippen LogP contribution in [0.15, 0.2) is 29.6 Å². The third-order valence-corrected chi connectivity index (χ3v) is 5.01. The van der Waals surface area contributed by atoms with Crippen molar-refractivity contribution < 1.29 is 4.79 Å². The molecular weight excluding hydrogens is 325 g/mol. The summed E-state index contributed by atoms with van der Waals surface area (Å²) >= 11 is 13.7. The summed E-state index contributed by atoms with van der Waals surface area (Å²) in [5.41, 5.74) is 7.50. The van der Waals surface area contributed by atoms with Gasteiger partial charge in [-0.2, -0.15) is 0 Å². The van der Waals surface area contributed by atoms with Gasteiger partial charge in [-0.05, 0) is 53.5 Å². The highest BCUT2D eigenvalue weighted by atomic mass is 35.5. The van der Waals surface area contributed by atoms with Crippen LogP contribution < -0.4 is 5.73 Å². The maximum absolute atomic E-state index is 11.5. The summed E-state index contributed by atoms with van der Waals surface area (Å²) in [7, 11) is 0. The van der Waals surface area contributed by atoms with Crippen LogP contribution in [0.1, 0.15) is 46.5 Å². The number of carbonyl (C=O) groups excluding carboxylic acids is 1. The van der Waals surface area contributed by atoms with Crippen molar-refractivity contribution >= 4 is 40.4 Å². The largest absolute Gasteiger partial charge is 0.365 e. The molecule has 1 aromatic carbocycles. The fraction of sp³-hybridized carbons (Fsp3) is 0.312. The molecule has 0 spiro atoms. The van der Waals surface area contributed by atoms with E-state index < -0.39 is 0 Å². The van der Waals surface area contributed by atoms with Gasteiger partial charge in [-0.15, -0.1) is 11.3 Å². The van der Waals surface area contributed by atoms with Gasteiger partial charge < -0.3 is 5.73 Å². The monoisotopic (exact) mass is 341 g/mol. The molecule has 21 heavy (non-hydrogen) atoms. The molecule has 1 unspecified atom stereocenters. The van der Waals surface area contributed by atoms with E-state index in [9.17, 15) is 4.79 Å². The number of hydrogen-bond donors (Lipinski definition) is 1. The van der Waals surface area contributed by atoms with E-state index in [0.717, 1.165) is 30.4 Å². The summed E-state index contributed by atoms with van der Waals surface area (Å²) in [5, 5.41) is 3.21. The second kappa shape index (κ2) is 7.30. The van der Waals surface area contributed by atoms with Crippen LogP contribution >= 0.6 is 34.5 Å². The first kappa shape index (κ1) is 16.3. The molecule has 0 aliphatic carbocycles. The topological polar surface area (TPSA) is 43.1 Å². The first-order valence-electron chi connectivity index (χ1n) is 6.84. The Hall–Kier alpha value is -1.03. The molecule has 1 heterocycles. The van der Waals surface area contributed by atoms with Gasteiger partial charge in [0.05, 0.1) is 4.88 Å². The minimum Gasteiger partial charge on any atom is -0.365 e. The van der Waals surface area contributed by atoms with Crippen molar-refractivity contribution in [1.82, 2.24) is 0 Å². The Morgan fingerprint density at radius 1 is 1.33 bits per heavy atom. The number of thiophene rings is 1. The van der Waals surface area contributed by atoms with E-state index in [1.165, 1.54) is 11.3 Å². The Labute approximate surface area is 138 Å². The molecule has 0 fully saturated rings. The van der Waals surface area contributed by atoms with Gasteiger partial charge in [0.1, 0.15) is 0 Å². The summed E-state index contributed by atoms with van der Waals surface area (Å²) in [6.07, 6.45) is 2.80. The quantitative estimate of drug-likeness (QED) is 0.762. The molecular formula is C16H17Cl2NOS. The zero-order valence-electron chi connectivity index (χ0n) is 11.7. The van der Waals surface area contributed by atoms with Crippen molar-refractivity contribution in [2.75, 3.05) is 0 Å². The molecule has 112 valence electrons. The van der Waals surface area contributed by atoms with Gasteiger partial charge in [0.15, 0.2) is 0 Å². The molecule has 0 bridgehead atoms. The average Bonchev–Trinajstić information content (AvgIpc) is 2.86. The Balaban J connectivity index is 2.31. The number of rotatable bonds is 6. The number of halogens is 2. The molecule has 0 aliphatic rings. The van der Waals surface area contributed by atoms with E-state index in [1.807, 2.05) is 23.6 Å². The number of benzene rings is 1. The lowest BCUT2D eigenvalue weighted by Crippen LogP contribution is -2.13. The summed E-state index contributed by atoms with van der Waals surface area (Å²) in [6.45, 7) is 2.14. The second-order valence-electron chi connectivity index (χ2n) is 4.99. The van der Waals surface area contributed by atoms with E-state index in [1.54, 1.807) is 6.07 Å². The van der Waals surface area contributed by atoms with Crippen LogP contribution in [0.2, 0.25) is 10.0 Å². The van der Waals surface area contributed by atoms with Crippen molar-refractivity contribution in [2.24, 2.45) is 5.73 Å². The van der Waals surface area contributed by atoms with Gasteiger partial charge in [-0.1, -0.05) is 42.6 Å². The predicted molar refractivity (Wildman–Crippen MR) is 90.7 cm³/mol. The zero-order chi connectivity index (χ0) is 15.4. The molecule has 0 saturated heterocycles. The SMILES string of the molecule is CCCC(Cc1ccsc1C(N)=O)c1ccc(Cl)cc1Cl. The molecule has 2 aromatic rings. The Bertz CT molecular complexity index is 639. The smallest absolute Gasteiger partial charge is 0.259 e. The minimum atomic E-state index is -0.363. The van der Waals surface area contributed by atoms with Crippen molar-refractivity contribution in [3.05, 3.63) is 55.7 Å². The van der Waals surface area contributed by atoms with E-state index in [2.05, 4.69) is 6.92 Å². The maximum atomic E-state index is 11.5. The third-order valence-electron chi connectivity index (χ3n) is 3.48. The third kappa shape index (κ3) is 4.00. The lowest BCUT2D eigenvalue weighted by atomic mass is 9.88. The Morgan fingerprint density at radius 3 is 2.71 bits per heavy atom. The zero-order valence-corrected chi connectivity index (χ0v) is 14.1. The van der Waals surface area contributed by atoms with Crippen molar-refractivity contribution in [2.45, 2.75) is 32.1 Å². The molecule has 0 aliphatic heterocycles. The highest BCUT2D eigenvalue weighted by molar-refractivity contribution is 7.12. The van der Waals surface area contributed by atoms with Crippen molar-refractivity contribution in [3.63, 3.8) is 0 Å². The average molecular weight is 342 g/mol. The van der Waals surface area contributed by atoms with Crippen molar-refractivity contribution in [1.29, 1.82) is 0 Å². The number of amides is 1. The van der Waals surface area contributed by atoms with E-state index in [-0.39, 0.29) is 11.8 Å². The first-order chi connectivity index (χ1) is 10.0. The lowest BCUT2D eigenvalue weighted by molar-refractivity contribution is 0.100. The molecule has 1 amide bonds. The van der Waals surface area contributed by atoms with Crippen LogP contribution in [0, 0.1) is 0 Å². The van der Waals surface area contributed by atoms with Gasteiger partial charge in [0, 0.05) is 10.0 Å². The van der Waals surface area contributed by atoms with Gasteiger partial charge in [-0.25, -0.2) is 0 Å². The fourth-order valence-corrected chi connectivity index (χ4v) is 3.88. The summed E-state index contributed by atoms with van der Waals surface area (Å²) in [6, 6.07) is 7.57. The number of hydrogen-bond acceptors (Lipinski definition) is 2. The second-order valence-corrected chi connectivity index (χ2v) is 6.75. The van der Waals surface area contributed by atoms with Crippen LogP contribution in [-0.4, -0.2) is 5.91 Å². The fourth-order valence-electron chi connectivity index (χ4n) is 2.53. The predicted octanol–water partition coefficient (Wildman–Crippen LogP) is 5.28. The lowest BCUT2D eigenvalue weighted by Gasteiger charge is -2.18. The molecule has 2 N–H and O–H groups in total. The molecule has 2 nitrogen and oxygen atoms in total. The Kier molecular flexibility index (Phi) is 5.68. The Morgan fingerprint density at radius 2 is 2.10 bits per heavy atom. The standard InChI is InChI=1S/C16H17Cl2NOS/c1-2-3-10(13-5-4-12(17)9-14(13)18)8-11-6-7-21-15(11)16(19)20/h4-7,9-10H,2-3,8H2,1H3,(H2,19,20). The summed E-state index contributed by atoms with van der Waals surface area (Å²) < 4.78 is 0. The van der Waals surface area contributed by atoms with Crippen LogP contribution in [0.25, 0.3) is 0 Å². The summed E-state index contributed by atoms with van der Waals surface area (Å²) in [5.74, 6) is -0.107. The molecule has 2 rings (SSSR count). The highest BCUT2D eigenvalue weighted by Crippen LogP contribution is 2.34. The van der Waals surface area contributed by atoms with Crippen LogP contribution in [0.5, 0.6) is 0 Å². The van der Waals surface area contributed by atoms with E-state index in [4.69, 9.17) is 28.9 Å². The van der Waals surface area contributed by atoms with Gasteiger partial charge in [0.25, 0.3) is 5.91 Å². The van der Waals surface area contributed by atoms with E-state index >= 15 is 0 Å². The highest BCUT2D eigenvalue weighted by Gasteiger charge is 2.19. The van der Waals surface area contributed by atoms with Gasteiger partial charge >= 0.3 is 0 Å². The van der Waals surface area contributed by atoms with E-state index in [0.29, 0.717) is 14.9 Å². The molecule has 0 radical (unpaired) electrons. The van der Waals surface area contributed by atoms with Crippen LogP contribution in [-0.2, 0) is 6.42 Å². The van der Waals surface area contributed by atoms with Gasteiger partial charge in [-0.3, -0.25) is 4.79 Å². The van der Waals surface area contributed by atoms with Crippen molar-refractivity contribution in [3.8, 4) is 0 Å². The molecule has 1 atom stereocenters. The number of nitrogens with two attached hydrogens (primary N) is 1. The number of carbonyl (C=O) groups is 1. The maximum Gasteiger partial charge on any atom is 0.259 e. The molecule has 5 heteroatoms. The minimum absolute atomic E-state index is 0.257. The van der Waals surface area contributed by atoms with Gasteiger partial charge in [0.2, 0.25) is 0 Å². The normalized spacial score (nSPS) is 12.3. The van der Waals surface area contributed by atoms with Crippen LogP contribution in [0.3, 0.4) is 0 Å². The summed E-state index contributed by atoms with van der Waals surface area (Å²) in [4.78, 5) is 12.1. The first-order valence-corrected chi connectivity index (χ1v) is 8.47.